The standard InChI is InChI=1S/C20H18ClNO3/c1-2-3-4-13-5-11-16(12-6-13)22-19(24)17(18(23)20(22)25)14-7-9-15(21)10-8-14/h5-12,23H,2-4H2,1H3. The lowest BCUT2D eigenvalue weighted by Crippen LogP contribution is -2.31. The quantitative estimate of drug-likeness (QED) is 0.802. The number of aliphatic hydroxyl groups excluding tert-OH is 1. The fourth-order valence-electron chi connectivity index (χ4n) is 2.82. The highest BCUT2D eigenvalue weighted by Crippen LogP contribution is 2.32. The van der Waals surface area contributed by atoms with Crippen LogP contribution in [0.5, 0.6) is 0 Å². The van der Waals surface area contributed by atoms with Crippen LogP contribution >= 0.6 is 11.6 Å². The minimum atomic E-state index is -0.712. The predicted octanol–water partition coefficient (Wildman–Crippen LogP) is 4.53. The molecule has 0 fully saturated rings. The topological polar surface area (TPSA) is 57.6 Å². The molecule has 3 rings (SSSR count). The van der Waals surface area contributed by atoms with E-state index in [0.29, 0.717) is 16.3 Å². The third-order valence-corrected chi connectivity index (χ3v) is 4.46. The van der Waals surface area contributed by atoms with Crippen LogP contribution < -0.4 is 4.90 Å². The molecule has 4 nitrogen and oxygen atoms in total. The van der Waals surface area contributed by atoms with Crippen LogP contribution in [0.4, 0.5) is 5.69 Å². The van der Waals surface area contributed by atoms with Gasteiger partial charge in [0, 0.05) is 5.02 Å². The summed E-state index contributed by atoms with van der Waals surface area (Å²) in [6.45, 7) is 2.13. The summed E-state index contributed by atoms with van der Waals surface area (Å²) in [4.78, 5) is 26.1. The first-order valence-corrected chi connectivity index (χ1v) is 8.57. The van der Waals surface area contributed by atoms with Crippen molar-refractivity contribution in [1.29, 1.82) is 0 Å². The number of imide groups is 1. The maximum atomic E-state index is 12.7. The highest BCUT2D eigenvalue weighted by molar-refractivity contribution is 6.45. The van der Waals surface area contributed by atoms with Crippen LogP contribution in [0.25, 0.3) is 5.57 Å². The van der Waals surface area contributed by atoms with E-state index in [1.165, 1.54) is 0 Å². The van der Waals surface area contributed by atoms with Gasteiger partial charge in [0.05, 0.1) is 11.3 Å². The van der Waals surface area contributed by atoms with Gasteiger partial charge in [-0.05, 0) is 48.2 Å². The molecule has 0 unspecified atom stereocenters. The zero-order valence-corrected chi connectivity index (χ0v) is 14.6. The molecule has 2 aromatic carbocycles. The number of carbonyl (C=O) groups excluding carboxylic acids is 2. The molecular weight excluding hydrogens is 338 g/mol. The molecule has 1 heterocycles. The molecule has 0 saturated carbocycles. The van der Waals surface area contributed by atoms with Crippen LogP contribution in [0.2, 0.25) is 5.02 Å². The highest BCUT2D eigenvalue weighted by atomic mass is 35.5. The van der Waals surface area contributed by atoms with E-state index in [1.807, 2.05) is 12.1 Å². The van der Waals surface area contributed by atoms with Crippen molar-refractivity contribution in [3.63, 3.8) is 0 Å². The van der Waals surface area contributed by atoms with Gasteiger partial charge in [-0.2, -0.15) is 0 Å². The molecule has 25 heavy (non-hydrogen) atoms. The Morgan fingerprint density at radius 2 is 1.60 bits per heavy atom. The number of aryl methyl sites for hydroxylation is 1. The first kappa shape index (κ1) is 17.2. The maximum Gasteiger partial charge on any atom is 0.301 e. The van der Waals surface area contributed by atoms with Crippen LogP contribution in [0.3, 0.4) is 0 Å². The Morgan fingerprint density at radius 3 is 2.20 bits per heavy atom. The van der Waals surface area contributed by atoms with Crippen LogP contribution in [0.15, 0.2) is 54.3 Å². The number of aliphatic hydroxyl groups is 1. The molecule has 0 atom stereocenters. The molecule has 0 bridgehead atoms. The third-order valence-electron chi connectivity index (χ3n) is 4.21. The van der Waals surface area contributed by atoms with Crippen molar-refractivity contribution < 1.29 is 14.7 Å². The molecule has 1 N–H and O–H groups in total. The minimum absolute atomic E-state index is 0.00303. The van der Waals surface area contributed by atoms with Crippen LogP contribution in [-0.4, -0.2) is 16.9 Å². The van der Waals surface area contributed by atoms with Gasteiger partial charge in [0.1, 0.15) is 0 Å². The Morgan fingerprint density at radius 1 is 0.960 bits per heavy atom. The molecule has 0 aliphatic carbocycles. The number of carbonyl (C=O) groups is 2. The second-order valence-corrected chi connectivity index (χ2v) is 6.38. The van der Waals surface area contributed by atoms with Crippen molar-refractivity contribution in [3.05, 3.63) is 70.4 Å². The Balaban J connectivity index is 1.89. The lowest BCUT2D eigenvalue weighted by atomic mass is 10.1. The van der Waals surface area contributed by atoms with Crippen molar-refractivity contribution in [1.82, 2.24) is 0 Å². The summed E-state index contributed by atoms with van der Waals surface area (Å²) < 4.78 is 0. The summed E-state index contributed by atoms with van der Waals surface area (Å²) in [7, 11) is 0. The summed E-state index contributed by atoms with van der Waals surface area (Å²) in [5, 5.41) is 10.7. The molecule has 0 radical (unpaired) electrons. The summed E-state index contributed by atoms with van der Waals surface area (Å²) in [5.74, 6) is -1.79. The summed E-state index contributed by atoms with van der Waals surface area (Å²) >= 11 is 5.85. The summed E-state index contributed by atoms with van der Waals surface area (Å²) in [6, 6.07) is 13.7. The van der Waals surface area contributed by atoms with E-state index in [-0.39, 0.29) is 5.57 Å². The largest absolute Gasteiger partial charge is 0.502 e. The van der Waals surface area contributed by atoms with E-state index in [0.717, 1.165) is 29.7 Å². The molecule has 0 saturated heterocycles. The summed E-state index contributed by atoms with van der Waals surface area (Å²) in [6.07, 6.45) is 3.15. The van der Waals surface area contributed by atoms with Gasteiger partial charge in [0.25, 0.3) is 5.91 Å². The Hall–Kier alpha value is -2.59. The van der Waals surface area contributed by atoms with Crippen molar-refractivity contribution in [2.24, 2.45) is 0 Å². The lowest BCUT2D eigenvalue weighted by Gasteiger charge is -2.15. The fourth-order valence-corrected chi connectivity index (χ4v) is 2.95. The zero-order chi connectivity index (χ0) is 18.0. The number of benzene rings is 2. The molecule has 128 valence electrons. The van der Waals surface area contributed by atoms with Crippen LogP contribution in [0, 0.1) is 0 Å². The number of rotatable bonds is 5. The molecule has 1 aliphatic heterocycles. The van der Waals surface area contributed by atoms with E-state index in [1.54, 1.807) is 36.4 Å². The molecule has 0 aromatic heterocycles. The monoisotopic (exact) mass is 355 g/mol. The van der Waals surface area contributed by atoms with Gasteiger partial charge in [-0.3, -0.25) is 9.59 Å². The molecular formula is C20H18ClNO3. The molecule has 2 aromatic rings. The number of unbranched alkanes of at least 4 members (excludes halogenated alkanes) is 1. The van der Waals surface area contributed by atoms with Gasteiger partial charge in [0.15, 0.2) is 5.76 Å². The number of halogens is 1. The number of hydrogen-bond acceptors (Lipinski definition) is 3. The third kappa shape index (κ3) is 3.30. The first-order valence-electron chi connectivity index (χ1n) is 8.20. The Labute approximate surface area is 151 Å². The maximum absolute atomic E-state index is 12.7. The van der Waals surface area contributed by atoms with Gasteiger partial charge >= 0.3 is 5.91 Å². The molecule has 2 amide bonds. The van der Waals surface area contributed by atoms with E-state index >= 15 is 0 Å². The normalized spacial score (nSPS) is 14.6. The second-order valence-electron chi connectivity index (χ2n) is 5.95. The van der Waals surface area contributed by atoms with Crippen LogP contribution in [-0.2, 0) is 16.0 Å². The van der Waals surface area contributed by atoms with Gasteiger partial charge in [-0.25, -0.2) is 4.90 Å². The smallest absolute Gasteiger partial charge is 0.301 e. The lowest BCUT2D eigenvalue weighted by molar-refractivity contribution is -0.121. The fraction of sp³-hybridized carbons (Fsp3) is 0.200. The van der Waals surface area contributed by atoms with Gasteiger partial charge < -0.3 is 5.11 Å². The average molecular weight is 356 g/mol. The first-order chi connectivity index (χ1) is 12.0. The number of amides is 2. The van der Waals surface area contributed by atoms with E-state index in [9.17, 15) is 14.7 Å². The minimum Gasteiger partial charge on any atom is -0.502 e. The van der Waals surface area contributed by atoms with E-state index < -0.39 is 17.6 Å². The van der Waals surface area contributed by atoms with Gasteiger partial charge in [0.2, 0.25) is 0 Å². The van der Waals surface area contributed by atoms with Crippen molar-refractivity contribution in [2.45, 2.75) is 26.2 Å². The number of anilines is 1. The number of hydrogen-bond donors (Lipinski definition) is 1. The molecule has 1 aliphatic rings. The zero-order valence-electron chi connectivity index (χ0n) is 13.8. The molecule has 0 spiro atoms. The SMILES string of the molecule is CCCCc1ccc(N2C(=O)C(O)=C(c3ccc(Cl)cc3)C2=O)cc1. The second kappa shape index (κ2) is 7.11. The Kier molecular flexibility index (Phi) is 4.91. The average Bonchev–Trinajstić information content (AvgIpc) is 2.84. The van der Waals surface area contributed by atoms with Gasteiger partial charge in [-0.15, -0.1) is 0 Å². The van der Waals surface area contributed by atoms with Crippen molar-refractivity contribution >= 4 is 34.7 Å². The predicted molar refractivity (Wildman–Crippen MR) is 98.5 cm³/mol. The highest BCUT2D eigenvalue weighted by Gasteiger charge is 2.40. The van der Waals surface area contributed by atoms with E-state index in [4.69, 9.17) is 11.6 Å². The molecule has 5 heteroatoms. The Bertz CT molecular complexity index is 838. The summed E-state index contributed by atoms with van der Waals surface area (Å²) in [5.41, 5.74) is 2.06. The van der Waals surface area contributed by atoms with Crippen molar-refractivity contribution in [2.75, 3.05) is 4.90 Å². The number of nitrogens with zero attached hydrogens (tertiary/aromatic N) is 1. The van der Waals surface area contributed by atoms with Crippen molar-refractivity contribution in [3.8, 4) is 0 Å². The van der Waals surface area contributed by atoms with Gasteiger partial charge in [-0.1, -0.05) is 49.2 Å². The van der Waals surface area contributed by atoms with E-state index in [2.05, 4.69) is 6.92 Å². The van der Waals surface area contributed by atoms with Crippen LogP contribution in [0.1, 0.15) is 30.9 Å².